The normalized spacial score (nSPS) is 22.0. The van der Waals surface area contributed by atoms with E-state index in [-0.39, 0.29) is 0 Å². The number of rotatable bonds is 4. The number of hydrogen-bond donors (Lipinski definition) is 1. The van der Waals surface area contributed by atoms with Crippen molar-refractivity contribution >= 4 is 22.6 Å². The van der Waals surface area contributed by atoms with Crippen LogP contribution in [0.25, 0.3) is 10.9 Å². The Labute approximate surface area is 123 Å². The first kappa shape index (κ1) is 12.6. The number of nitrogens with zero attached hydrogens (tertiary/aromatic N) is 3. The smallest absolute Gasteiger partial charge is 0.223 e. The van der Waals surface area contributed by atoms with Crippen molar-refractivity contribution in [2.75, 3.05) is 18.4 Å². The molecule has 0 bridgehead atoms. The van der Waals surface area contributed by atoms with Crippen LogP contribution in [-0.2, 0) is 4.79 Å². The molecule has 0 unspecified atom stereocenters. The zero-order chi connectivity index (χ0) is 14.2. The molecule has 1 saturated heterocycles. The molecule has 0 spiro atoms. The number of anilines is 1. The largest absolute Gasteiger partial charge is 0.368 e. The van der Waals surface area contributed by atoms with E-state index in [1.54, 1.807) is 12.4 Å². The summed E-state index contributed by atoms with van der Waals surface area (Å²) < 4.78 is 0. The topological polar surface area (TPSA) is 58.1 Å². The molecular weight excluding hydrogens is 264 g/mol. The van der Waals surface area contributed by atoms with Gasteiger partial charge in [-0.3, -0.25) is 9.78 Å². The molecule has 5 heteroatoms. The van der Waals surface area contributed by atoms with Gasteiger partial charge in [-0.2, -0.15) is 0 Å². The van der Waals surface area contributed by atoms with Crippen LogP contribution in [0.4, 0.5) is 5.82 Å². The van der Waals surface area contributed by atoms with Crippen LogP contribution in [-0.4, -0.2) is 39.9 Å². The zero-order valence-electron chi connectivity index (χ0n) is 11.8. The highest BCUT2D eigenvalue weighted by Gasteiger charge is 2.39. The predicted molar refractivity (Wildman–Crippen MR) is 80.9 cm³/mol. The van der Waals surface area contributed by atoms with E-state index in [0.717, 1.165) is 29.8 Å². The van der Waals surface area contributed by atoms with Crippen molar-refractivity contribution in [1.29, 1.82) is 0 Å². The van der Waals surface area contributed by atoms with E-state index in [0.29, 0.717) is 24.3 Å². The number of amides is 1. The highest BCUT2D eigenvalue weighted by atomic mass is 16.2. The molecular formula is C16H18N4O. The van der Waals surface area contributed by atoms with E-state index < -0.39 is 0 Å². The van der Waals surface area contributed by atoms with Crippen LogP contribution >= 0.6 is 0 Å². The second-order valence-corrected chi connectivity index (χ2v) is 5.96. The van der Waals surface area contributed by atoms with Gasteiger partial charge < -0.3 is 10.2 Å². The van der Waals surface area contributed by atoms with Crippen LogP contribution < -0.4 is 5.32 Å². The molecule has 0 radical (unpaired) electrons. The molecule has 1 saturated carbocycles. The van der Waals surface area contributed by atoms with Gasteiger partial charge in [0.1, 0.15) is 5.52 Å². The molecule has 1 N–H and O–H groups in total. The Hall–Kier alpha value is -2.17. The first-order valence-electron chi connectivity index (χ1n) is 7.54. The van der Waals surface area contributed by atoms with E-state index >= 15 is 0 Å². The Bertz CT molecular complexity index is 678. The number of carbonyl (C=O) groups excluding carboxylic acids is 1. The first-order valence-corrected chi connectivity index (χ1v) is 7.54. The summed E-state index contributed by atoms with van der Waals surface area (Å²) in [6, 6.07) is 6.44. The van der Waals surface area contributed by atoms with Crippen molar-refractivity contribution in [3.8, 4) is 0 Å². The molecule has 0 aromatic carbocycles. The maximum atomic E-state index is 12.0. The third-order valence-electron chi connectivity index (χ3n) is 4.31. The fourth-order valence-corrected chi connectivity index (χ4v) is 3.06. The lowest BCUT2D eigenvalue weighted by Gasteiger charge is -2.16. The zero-order valence-corrected chi connectivity index (χ0v) is 11.8. The molecule has 2 aromatic rings. The Morgan fingerprint density at radius 2 is 2.14 bits per heavy atom. The monoisotopic (exact) mass is 282 g/mol. The average molecular weight is 282 g/mol. The van der Waals surface area contributed by atoms with E-state index in [9.17, 15) is 4.79 Å². The van der Waals surface area contributed by atoms with Crippen molar-refractivity contribution in [2.24, 2.45) is 5.92 Å². The molecule has 108 valence electrons. The predicted octanol–water partition coefficient (Wildman–Crippen LogP) is 2.05. The van der Waals surface area contributed by atoms with Crippen molar-refractivity contribution in [2.45, 2.75) is 25.3 Å². The van der Waals surface area contributed by atoms with E-state index in [2.05, 4.69) is 20.2 Å². The van der Waals surface area contributed by atoms with Crippen molar-refractivity contribution in [1.82, 2.24) is 14.9 Å². The number of aromatic nitrogens is 2. The molecule has 1 atom stereocenters. The van der Waals surface area contributed by atoms with Crippen LogP contribution in [0, 0.1) is 5.92 Å². The van der Waals surface area contributed by atoms with Gasteiger partial charge in [0.15, 0.2) is 5.82 Å². The average Bonchev–Trinajstić information content (AvgIpc) is 3.28. The Morgan fingerprint density at radius 3 is 3.00 bits per heavy atom. The van der Waals surface area contributed by atoms with Gasteiger partial charge in [0.05, 0.1) is 0 Å². The molecule has 3 heterocycles. The second-order valence-electron chi connectivity index (χ2n) is 5.96. The van der Waals surface area contributed by atoms with Crippen LogP contribution in [0.3, 0.4) is 0 Å². The Kier molecular flexibility index (Phi) is 2.98. The summed E-state index contributed by atoms with van der Waals surface area (Å²) in [6.45, 7) is 1.66. The quantitative estimate of drug-likeness (QED) is 0.932. The molecule has 1 amide bonds. The van der Waals surface area contributed by atoms with Gasteiger partial charge in [0.25, 0.3) is 0 Å². The Balaban J connectivity index is 1.45. The maximum Gasteiger partial charge on any atom is 0.223 e. The summed E-state index contributed by atoms with van der Waals surface area (Å²) in [5.41, 5.74) is 0.892. The third kappa shape index (κ3) is 2.44. The molecule has 1 aliphatic carbocycles. The Morgan fingerprint density at radius 1 is 1.24 bits per heavy atom. The fraction of sp³-hybridized carbons (Fsp3) is 0.438. The summed E-state index contributed by atoms with van der Waals surface area (Å²) in [4.78, 5) is 22.8. The molecule has 4 rings (SSSR count). The van der Waals surface area contributed by atoms with Crippen LogP contribution in [0.15, 0.2) is 30.6 Å². The SMILES string of the molecule is O=C1C[C@H](CNc2nccc3cccnc23)CN1C1CC1. The maximum absolute atomic E-state index is 12.0. The second kappa shape index (κ2) is 4.98. The summed E-state index contributed by atoms with van der Waals surface area (Å²) in [5, 5.41) is 4.46. The number of fused-ring (bicyclic) bond motifs is 1. The molecule has 2 aromatic heterocycles. The van der Waals surface area contributed by atoms with Crippen molar-refractivity contribution in [3.05, 3.63) is 30.6 Å². The summed E-state index contributed by atoms with van der Waals surface area (Å²) >= 11 is 0. The number of carbonyl (C=O) groups is 1. The van der Waals surface area contributed by atoms with Gasteiger partial charge in [-0.25, -0.2) is 4.98 Å². The van der Waals surface area contributed by atoms with Gasteiger partial charge in [-0.05, 0) is 25.0 Å². The van der Waals surface area contributed by atoms with E-state index in [1.807, 2.05) is 18.2 Å². The minimum Gasteiger partial charge on any atom is -0.368 e. The van der Waals surface area contributed by atoms with Gasteiger partial charge in [-0.1, -0.05) is 6.07 Å². The molecule has 2 fully saturated rings. The van der Waals surface area contributed by atoms with Crippen molar-refractivity contribution in [3.63, 3.8) is 0 Å². The lowest BCUT2D eigenvalue weighted by molar-refractivity contribution is -0.128. The van der Waals surface area contributed by atoms with Crippen LogP contribution in [0.2, 0.25) is 0 Å². The lowest BCUT2D eigenvalue weighted by atomic mass is 10.1. The molecule has 2 aliphatic rings. The van der Waals surface area contributed by atoms with Gasteiger partial charge >= 0.3 is 0 Å². The number of pyridine rings is 2. The van der Waals surface area contributed by atoms with Crippen LogP contribution in [0.1, 0.15) is 19.3 Å². The summed E-state index contributed by atoms with van der Waals surface area (Å²) in [5.74, 6) is 1.50. The van der Waals surface area contributed by atoms with E-state index in [1.165, 1.54) is 12.8 Å². The standard InChI is InChI=1S/C16H18N4O/c21-14-8-11(10-20(14)13-3-4-13)9-19-16-15-12(5-7-18-16)2-1-6-17-15/h1-2,5-7,11,13H,3-4,8-10H2,(H,18,19)/t11-/m1/s1. The summed E-state index contributed by atoms with van der Waals surface area (Å²) in [6.07, 6.45) is 6.59. The first-order chi connectivity index (χ1) is 10.3. The third-order valence-corrected chi connectivity index (χ3v) is 4.31. The fourth-order valence-electron chi connectivity index (χ4n) is 3.06. The minimum absolute atomic E-state index is 0.313. The highest BCUT2D eigenvalue weighted by Crippen LogP contribution is 2.32. The molecule has 1 aliphatic heterocycles. The van der Waals surface area contributed by atoms with Gasteiger partial charge in [0, 0.05) is 49.2 Å². The minimum atomic E-state index is 0.313. The van der Waals surface area contributed by atoms with Crippen molar-refractivity contribution < 1.29 is 4.79 Å². The highest BCUT2D eigenvalue weighted by molar-refractivity contribution is 5.87. The van der Waals surface area contributed by atoms with Gasteiger partial charge in [-0.15, -0.1) is 0 Å². The number of likely N-dealkylation sites (tertiary alicyclic amines) is 1. The van der Waals surface area contributed by atoms with Crippen LogP contribution in [0.5, 0.6) is 0 Å². The molecule has 21 heavy (non-hydrogen) atoms. The number of nitrogens with one attached hydrogen (secondary N) is 1. The lowest BCUT2D eigenvalue weighted by Crippen LogP contribution is -2.28. The summed E-state index contributed by atoms with van der Waals surface area (Å²) in [7, 11) is 0. The van der Waals surface area contributed by atoms with E-state index in [4.69, 9.17) is 0 Å². The van der Waals surface area contributed by atoms with Gasteiger partial charge in [0.2, 0.25) is 5.91 Å². The number of hydrogen-bond acceptors (Lipinski definition) is 4. The molecule has 5 nitrogen and oxygen atoms in total.